The van der Waals surface area contributed by atoms with Crippen molar-refractivity contribution in [2.75, 3.05) is 33.2 Å². The smallest absolute Gasteiger partial charge is 0.289 e. The number of furan rings is 1. The van der Waals surface area contributed by atoms with Crippen molar-refractivity contribution >= 4 is 39.1 Å². The number of carbonyl (C=O) groups is 2. The molecule has 0 bridgehead atoms. The summed E-state index contributed by atoms with van der Waals surface area (Å²) in [6, 6.07) is 5.25. The van der Waals surface area contributed by atoms with Crippen LogP contribution in [-0.4, -0.2) is 65.8 Å². The third-order valence-corrected chi connectivity index (χ3v) is 6.34. The van der Waals surface area contributed by atoms with Crippen LogP contribution in [-0.2, 0) is 11.3 Å². The van der Waals surface area contributed by atoms with Crippen molar-refractivity contribution in [2.24, 2.45) is 0 Å². The summed E-state index contributed by atoms with van der Waals surface area (Å²) in [4.78, 5) is 32.0. The first-order valence-corrected chi connectivity index (χ1v) is 10.2. The Balaban J connectivity index is 1.51. The topological polar surface area (TPSA) is 57.0 Å². The first kappa shape index (κ1) is 19.1. The molecule has 1 aliphatic heterocycles. The van der Waals surface area contributed by atoms with Gasteiger partial charge >= 0.3 is 0 Å². The number of hydrogen-bond acceptors (Lipinski definition) is 5. The van der Waals surface area contributed by atoms with E-state index in [1.807, 2.05) is 24.3 Å². The third-order valence-electron chi connectivity index (χ3n) is 4.66. The summed E-state index contributed by atoms with van der Waals surface area (Å²) in [5.41, 5.74) is 0. The molecule has 2 aromatic heterocycles. The van der Waals surface area contributed by atoms with Crippen LogP contribution < -0.4 is 0 Å². The summed E-state index contributed by atoms with van der Waals surface area (Å²) in [6.45, 7) is 4.83. The minimum absolute atomic E-state index is 0.105. The molecule has 0 radical (unpaired) electrons. The van der Waals surface area contributed by atoms with Gasteiger partial charge in [-0.3, -0.25) is 14.5 Å². The molecule has 3 rings (SSSR count). The molecule has 2 aromatic rings. The van der Waals surface area contributed by atoms with E-state index < -0.39 is 0 Å². The van der Waals surface area contributed by atoms with Gasteiger partial charge in [0, 0.05) is 47.5 Å². The SMILES string of the molecule is CC(C(=O)N1CCN(C(=O)c2ccco2)CC1)N(C)Cc1cc(Br)cs1. The van der Waals surface area contributed by atoms with Crippen molar-refractivity contribution in [3.63, 3.8) is 0 Å². The number of likely N-dealkylation sites (N-methyl/N-ethyl adjacent to an activating group) is 1. The number of halogens is 1. The van der Waals surface area contributed by atoms with Crippen molar-refractivity contribution in [3.8, 4) is 0 Å². The first-order valence-electron chi connectivity index (χ1n) is 8.50. The van der Waals surface area contributed by atoms with Crippen LogP contribution in [0.5, 0.6) is 0 Å². The maximum Gasteiger partial charge on any atom is 0.289 e. The number of hydrogen-bond donors (Lipinski definition) is 0. The Kier molecular flexibility index (Phi) is 6.16. The lowest BCUT2D eigenvalue weighted by Crippen LogP contribution is -2.54. The van der Waals surface area contributed by atoms with Gasteiger partial charge in [-0.15, -0.1) is 11.3 Å². The predicted octanol–water partition coefficient (Wildman–Crippen LogP) is 2.91. The fraction of sp³-hybridized carbons (Fsp3) is 0.444. The van der Waals surface area contributed by atoms with Gasteiger partial charge in [-0.2, -0.15) is 0 Å². The standard InChI is InChI=1S/C18H22BrN3O3S/c1-13(20(2)11-15-10-14(19)12-26-15)17(23)21-5-7-22(8-6-21)18(24)16-4-3-9-25-16/h3-4,9-10,12-13H,5-8,11H2,1-2H3. The molecule has 0 aliphatic carbocycles. The maximum absolute atomic E-state index is 12.8. The Bertz CT molecular complexity index is 754. The van der Waals surface area contributed by atoms with Gasteiger partial charge in [0.25, 0.3) is 5.91 Å². The predicted molar refractivity (Wildman–Crippen MR) is 104 cm³/mol. The van der Waals surface area contributed by atoms with Crippen LogP contribution in [0.25, 0.3) is 0 Å². The van der Waals surface area contributed by atoms with Gasteiger partial charge in [0.05, 0.1) is 12.3 Å². The van der Waals surface area contributed by atoms with Crippen LogP contribution in [0.15, 0.2) is 38.7 Å². The molecule has 1 atom stereocenters. The third kappa shape index (κ3) is 4.36. The van der Waals surface area contributed by atoms with Crippen LogP contribution in [0, 0.1) is 0 Å². The van der Waals surface area contributed by atoms with Gasteiger partial charge in [0.1, 0.15) is 0 Å². The highest BCUT2D eigenvalue weighted by atomic mass is 79.9. The van der Waals surface area contributed by atoms with Gasteiger partial charge in [-0.05, 0) is 48.1 Å². The molecule has 0 N–H and O–H groups in total. The average Bonchev–Trinajstić information content (AvgIpc) is 3.32. The summed E-state index contributed by atoms with van der Waals surface area (Å²) in [6.07, 6.45) is 1.50. The van der Waals surface area contributed by atoms with Crippen LogP contribution >= 0.6 is 27.3 Å². The van der Waals surface area contributed by atoms with Crippen LogP contribution in [0.2, 0.25) is 0 Å². The Hall–Kier alpha value is -1.64. The van der Waals surface area contributed by atoms with Crippen LogP contribution in [0.3, 0.4) is 0 Å². The van der Waals surface area contributed by atoms with Crippen molar-refractivity contribution in [1.82, 2.24) is 14.7 Å². The molecule has 6 nitrogen and oxygen atoms in total. The second kappa shape index (κ2) is 8.37. The molecular formula is C18H22BrN3O3S. The Morgan fingerprint density at radius 2 is 2.00 bits per heavy atom. The highest BCUT2D eigenvalue weighted by Crippen LogP contribution is 2.22. The minimum atomic E-state index is -0.205. The average molecular weight is 440 g/mol. The molecule has 0 aromatic carbocycles. The molecule has 0 saturated carbocycles. The Morgan fingerprint density at radius 1 is 1.31 bits per heavy atom. The van der Waals surface area contributed by atoms with Crippen molar-refractivity contribution in [2.45, 2.75) is 19.5 Å². The zero-order chi connectivity index (χ0) is 18.7. The molecule has 140 valence electrons. The normalized spacial score (nSPS) is 16.2. The van der Waals surface area contributed by atoms with Gasteiger partial charge in [-0.25, -0.2) is 0 Å². The number of carbonyl (C=O) groups excluding carboxylic acids is 2. The van der Waals surface area contributed by atoms with E-state index in [4.69, 9.17) is 4.42 Å². The van der Waals surface area contributed by atoms with E-state index in [2.05, 4.69) is 26.9 Å². The van der Waals surface area contributed by atoms with E-state index in [0.29, 0.717) is 31.9 Å². The molecule has 0 spiro atoms. The molecule has 8 heteroatoms. The van der Waals surface area contributed by atoms with Crippen molar-refractivity contribution in [3.05, 3.63) is 45.0 Å². The van der Waals surface area contributed by atoms with Crippen molar-refractivity contribution < 1.29 is 14.0 Å². The zero-order valence-electron chi connectivity index (χ0n) is 14.9. The fourth-order valence-electron chi connectivity index (χ4n) is 2.96. The van der Waals surface area contributed by atoms with E-state index in [-0.39, 0.29) is 17.9 Å². The molecule has 1 saturated heterocycles. The first-order chi connectivity index (χ1) is 12.5. The maximum atomic E-state index is 12.8. The zero-order valence-corrected chi connectivity index (χ0v) is 17.3. The Morgan fingerprint density at radius 3 is 2.58 bits per heavy atom. The fourth-order valence-corrected chi connectivity index (χ4v) is 4.47. The second-order valence-corrected chi connectivity index (χ2v) is 8.33. The highest BCUT2D eigenvalue weighted by Gasteiger charge is 2.29. The Labute approximate surface area is 165 Å². The number of nitrogens with zero attached hydrogens (tertiary/aromatic N) is 3. The summed E-state index contributed by atoms with van der Waals surface area (Å²) in [5, 5.41) is 2.05. The highest BCUT2D eigenvalue weighted by molar-refractivity contribution is 9.10. The van der Waals surface area contributed by atoms with Gasteiger partial charge < -0.3 is 14.2 Å². The minimum Gasteiger partial charge on any atom is -0.459 e. The van der Waals surface area contributed by atoms with Crippen LogP contribution in [0.4, 0.5) is 0 Å². The summed E-state index contributed by atoms with van der Waals surface area (Å²) in [7, 11) is 1.97. The van der Waals surface area contributed by atoms with Crippen molar-refractivity contribution in [1.29, 1.82) is 0 Å². The number of rotatable bonds is 5. The van der Waals surface area contributed by atoms with Crippen LogP contribution in [0.1, 0.15) is 22.4 Å². The lowest BCUT2D eigenvalue weighted by atomic mass is 10.2. The largest absolute Gasteiger partial charge is 0.459 e. The molecular weight excluding hydrogens is 418 g/mol. The second-order valence-electron chi connectivity index (χ2n) is 6.42. The molecule has 1 aliphatic rings. The van der Waals surface area contributed by atoms with E-state index in [9.17, 15) is 9.59 Å². The monoisotopic (exact) mass is 439 g/mol. The molecule has 26 heavy (non-hydrogen) atoms. The van der Waals surface area contributed by atoms with E-state index in [0.717, 1.165) is 11.0 Å². The van der Waals surface area contributed by atoms with Gasteiger partial charge in [0.15, 0.2) is 5.76 Å². The molecule has 1 unspecified atom stereocenters. The summed E-state index contributed by atoms with van der Waals surface area (Å²) in [5.74, 6) is 0.337. The van der Waals surface area contributed by atoms with E-state index in [1.54, 1.807) is 28.4 Å². The number of thiophene rings is 1. The number of amides is 2. The number of piperazine rings is 1. The summed E-state index contributed by atoms with van der Waals surface area (Å²) >= 11 is 5.14. The lowest BCUT2D eigenvalue weighted by molar-refractivity contribution is -0.137. The van der Waals surface area contributed by atoms with E-state index in [1.165, 1.54) is 11.1 Å². The summed E-state index contributed by atoms with van der Waals surface area (Å²) < 4.78 is 6.24. The van der Waals surface area contributed by atoms with Gasteiger partial charge in [0.2, 0.25) is 5.91 Å². The molecule has 3 heterocycles. The quantitative estimate of drug-likeness (QED) is 0.718. The van der Waals surface area contributed by atoms with Gasteiger partial charge in [-0.1, -0.05) is 0 Å². The molecule has 1 fully saturated rings. The lowest BCUT2D eigenvalue weighted by Gasteiger charge is -2.37. The molecule has 2 amide bonds. The van der Waals surface area contributed by atoms with E-state index >= 15 is 0 Å².